The number of benzene rings is 3. The Kier molecular flexibility index (Phi) is 4.24. The fourth-order valence-corrected chi connectivity index (χ4v) is 4.44. The van der Waals surface area contributed by atoms with Gasteiger partial charge in [0.05, 0.1) is 16.7 Å². The zero-order valence-electron chi connectivity index (χ0n) is 17.0. The minimum atomic E-state index is -0.565. The Hall–Kier alpha value is -4.07. The normalized spacial score (nSPS) is 20.6. The molecule has 6 rings (SSSR count). The fourth-order valence-electron chi connectivity index (χ4n) is 4.44. The highest BCUT2D eigenvalue weighted by molar-refractivity contribution is 6.02. The zero-order valence-corrected chi connectivity index (χ0v) is 17.0. The van der Waals surface area contributed by atoms with Gasteiger partial charge in [-0.15, -0.1) is 0 Å². The number of non-ortho nitro benzene ring substituents is 1. The number of hydrogen-bond donors (Lipinski definition) is 0. The molecule has 0 saturated carbocycles. The molecule has 0 aromatic heterocycles. The number of hydrazone groups is 1. The third kappa shape index (κ3) is 3.03. The minimum absolute atomic E-state index is 0.0248. The average Bonchev–Trinajstić information content (AvgIpc) is 3.29. The van der Waals surface area contributed by atoms with Crippen molar-refractivity contribution in [2.75, 3.05) is 13.2 Å². The third-order valence-electron chi connectivity index (χ3n) is 5.94. The smallest absolute Gasteiger partial charge is 0.269 e. The molecule has 3 aliphatic rings. The minimum Gasteiger partial charge on any atom is -0.486 e. The van der Waals surface area contributed by atoms with Gasteiger partial charge in [0.1, 0.15) is 19.0 Å². The monoisotopic (exact) mass is 429 g/mol. The first-order valence-electron chi connectivity index (χ1n) is 10.4. The van der Waals surface area contributed by atoms with Gasteiger partial charge < -0.3 is 14.2 Å². The second-order valence-corrected chi connectivity index (χ2v) is 7.87. The van der Waals surface area contributed by atoms with E-state index in [-0.39, 0.29) is 11.7 Å². The number of rotatable bonds is 3. The molecule has 2 atom stereocenters. The van der Waals surface area contributed by atoms with Gasteiger partial charge in [0.25, 0.3) is 5.69 Å². The van der Waals surface area contributed by atoms with Crippen molar-refractivity contribution in [3.8, 4) is 17.2 Å². The summed E-state index contributed by atoms with van der Waals surface area (Å²) < 4.78 is 17.7. The number of ether oxygens (including phenoxy) is 3. The van der Waals surface area contributed by atoms with Gasteiger partial charge in [0, 0.05) is 35.2 Å². The van der Waals surface area contributed by atoms with Crippen LogP contribution in [0.4, 0.5) is 5.69 Å². The molecule has 0 unspecified atom stereocenters. The summed E-state index contributed by atoms with van der Waals surface area (Å²) in [6.45, 7) is 1.07. The van der Waals surface area contributed by atoms with Crippen molar-refractivity contribution in [2.45, 2.75) is 18.7 Å². The summed E-state index contributed by atoms with van der Waals surface area (Å²) in [7, 11) is 0. The molecule has 3 aromatic carbocycles. The Labute approximate surface area is 183 Å². The number of nitrogens with zero attached hydrogens (tertiary/aromatic N) is 3. The van der Waals surface area contributed by atoms with E-state index in [1.165, 1.54) is 6.07 Å². The van der Waals surface area contributed by atoms with Gasteiger partial charge in [-0.1, -0.05) is 30.3 Å². The van der Waals surface area contributed by atoms with Crippen LogP contribution in [0.1, 0.15) is 35.4 Å². The van der Waals surface area contributed by atoms with Crippen LogP contribution < -0.4 is 14.2 Å². The Morgan fingerprint density at radius 2 is 1.78 bits per heavy atom. The van der Waals surface area contributed by atoms with Gasteiger partial charge in [-0.05, 0) is 24.3 Å². The first-order chi connectivity index (χ1) is 15.7. The SMILES string of the molecule is O=[N+]([O-])c1cccc([C@@H]2Oc3ccccc3[C@@H]3CC(c4ccc5c(c4)OCCO5)=NN32)c1. The molecule has 0 spiro atoms. The first-order valence-corrected chi connectivity index (χ1v) is 10.4. The van der Waals surface area contributed by atoms with E-state index in [4.69, 9.17) is 19.3 Å². The molecule has 3 heterocycles. The lowest BCUT2D eigenvalue weighted by molar-refractivity contribution is -0.385. The maximum atomic E-state index is 11.3. The summed E-state index contributed by atoms with van der Waals surface area (Å²) in [6, 6.07) is 20.2. The van der Waals surface area contributed by atoms with Crippen LogP contribution in [0.2, 0.25) is 0 Å². The van der Waals surface area contributed by atoms with Crippen molar-refractivity contribution < 1.29 is 19.1 Å². The van der Waals surface area contributed by atoms with Gasteiger partial charge in [0.2, 0.25) is 6.23 Å². The van der Waals surface area contributed by atoms with Crippen LogP contribution in [-0.4, -0.2) is 28.9 Å². The van der Waals surface area contributed by atoms with Crippen LogP contribution in [-0.2, 0) is 0 Å². The summed E-state index contributed by atoms with van der Waals surface area (Å²) in [5.41, 5.74) is 3.62. The fraction of sp³-hybridized carbons (Fsp3) is 0.208. The summed E-state index contributed by atoms with van der Waals surface area (Å²) in [6.07, 6.45) is 0.121. The summed E-state index contributed by atoms with van der Waals surface area (Å²) in [4.78, 5) is 10.9. The maximum absolute atomic E-state index is 11.3. The molecule has 0 radical (unpaired) electrons. The van der Waals surface area contributed by atoms with E-state index in [1.807, 2.05) is 53.5 Å². The molecule has 0 N–H and O–H groups in total. The van der Waals surface area contributed by atoms with Gasteiger partial charge >= 0.3 is 0 Å². The molecule has 160 valence electrons. The highest BCUT2D eigenvalue weighted by Crippen LogP contribution is 2.48. The number of nitro groups is 1. The van der Waals surface area contributed by atoms with E-state index in [0.29, 0.717) is 30.9 Å². The van der Waals surface area contributed by atoms with Gasteiger partial charge in [-0.25, -0.2) is 5.01 Å². The molecule has 0 saturated heterocycles. The molecule has 8 heteroatoms. The number of para-hydroxylation sites is 1. The quantitative estimate of drug-likeness (QED) is 0.446. The second-order valence-electron chi connectivity index (χ2n) is 7.87. The van der Waals surface area contributed by atoms with Crippen LogP contribution in [0.25, 0.3) is 0 Å². The molecule has 0 aliphatic carbocycles. The number of hydrogen-bond acceptors (Lipinski definition) is 7. The largest absolute Gasteiger partial charge is 0.486 e. The number of nitro benzene ring substituents is 1. The van der Waals surface area contributed by atoms with E-state index >= 15 is 0 Å². The summed E-state index contributed by atoms with van der Waals surface area (Å²) >= 11 is 0. The summed E-state index contributed by atoms with van der Waals surface area (Å²) in [5, 5.41) is 18.1. The third-order valence-corrected chi connectivity index (χ3v) is 5.94. The van der Waals surface area contributed by atoms with Crippen molar-refractivity contribution >= 4 is 11.4 Å². The molecular weight excluding hydrogens is 410 g/mol. The predicted molar refractivity (Wildman–Crippen MR) is 116 cm³/mol. The zero-order chi connectivity index (χ0) is 21.7. The Morgan fingerprint density at radius 3 is 2.66 bits per heavy atom. The average molecular weight is 429 g/mol. The van der Waals surface area contributed by atoms with Crippen molar-refractivity contribution in [1.29, 1.82) is 0 Å². The van der Waals surface area contributed by atoms with Crippen molar-refractivity contribution in [3.63, 3.8) is 0 Å². The maximum Gasteiger partial charge on any atom is 0.269 e. The lowest BCUT2D eigenvalue weighted by atomic mass is 9.95. The van der Waals surface area contributed by atoms with Crippen molar-refractivity contribution in [3.05, 3.63) is 93.5 Å². The number of fused-ring (bicyclic) bond motifs is 4. The topological polar surface area (TPSA) is 86.4 Å². The van der Waals surface area contributed by atoms with Crippen LogP contribution >= 0.6 is 0 Å². The lowest BCUT2D eigenvalue weighted by Crippen LogP contribution is -2.33. The van der Waals surface area contributed by atoms with E-state index in [0.717, 1.165) is 28.3 Å². The van der Waals surface area contributed by atoms with E-state index < -0.39 is 11.2 Å². The molecule has 3 aromatic rings. The van der Waals surface area contributed by atoms with Crippen LogP contribution in [0.15, 0.2) is 71.8 Å². The molecule has 8 nitrogen and oxygen atoms in total. The highest BCUT2D eigenvalue weighted by Gasteiger charge is 2.41. The van der Waals surface area contributed by atoms with Gasteiger partial charge in [0.15, 0.2) is 11.5 Å². The Morgan fingerprint density at radius 1 is 0.938 bits per heavy atom. The van der Waals surface area contributed by atoms with Crippen LogP contribution in [0, 0.1) is 10.1 Å². The van der Waals surface area contributed by atoms with Crippen LogP contribution in [0.5, 0.6) is 17.2 Å². The van der Waals surface area contributed by atoms with Crippen molar-refractivity contribution in [2.24, 2.45) is 5.10 Å². The van der Waals surface area contributed by atoms with E-state index in [9.17, 15) is 10.1 Å². The Bertz CT molecular complexity index is 1260. The second kappa shape index (κ2) is 7.26. The predicted octanol–water partition coefficient (Wildman–Crippen LogP) is 4.61. The van der Waals surface area contributed by atoms with Crippen molar-refractivity contribution in [1.82, 2.24) is 5.01 Å². The standard InChI is InChI=1S/C24H19N3O5/c28-27(29)17-5-3-4-16(12-17)24-26-20(18-6-1-2-7-21(18)32-24)14-19(25-26)15-8-9-22-23(13-15)31-11-10-30-22/h1-9,12-13,20,24H,10-11,14H2/t20-,24-/m0/s1. The molecule has 0 bridgehead atoms. The highest BCUT2D eigenvalue weighted by atomic mass is 16.6. The molecule has 3 aliphatic heterocycles. The first kappa shape index (κ1) is 18.7. The molecule has 32 heavy (non-hydrogen) atoms. The summed E-state index contributed by atoms with van der Waals surface area (Å²) in [5.74, 6) is 2.22. The van der Waals surface area contributed by atoms with Gasteiger partial charge in [-0.2, -0.15) is 5.10 Å². The molecule has 0 fully saturated rings. The molecular formula is C24H19N3O5. The Balaban J connectivity index is 1.42. The van der Waals surface area contributed by atoms with E-state index in [1.54, 1.807) is 12.1 Å². The van der Waals surface area contributed by atoms with E-state index in [2.05, 4.69) is 0 Å². The molecule has 0 amide bonds. The van der Waals surface area contributed by atoms with Crippen LogP contribution in [0.3, 0.4) is 0 Å². The van der Waals surface area contributed by atoms with Gasteiger partial charge in [-0.3, -0.25) is 10.1 Å². The lowest BCUT2D eigenvalue weighted by Gasteiger charge is -2.38.